The minimum Gasteiger partial charge on any atom is -0.463 e. The Labute approximate surface area is 257 Å². The average Bonchev–Trinajstić information content (AvgIpc) is 3.26. The summed E-state index contributed by atoms with van der Waals surface area (Å²) in [5, 5.41) is 1.10. The highest BCUT2D eigenvalue weighted by Crippen LogP contribution is 2.63. The number of fused-ring (bicyclic) bond motifs is 5. The van der Waals surface area contributed by atoms with E-state index in [4.69, 9.17) is 18.9 Å². The summed E-state index contributed by atoms with van der Waals surface area (Å²) in [5.41, 5.74) is 2.17. The number of halogens is 1. The predicted octanol–water partition coefficient (Wildman–Crippen LogP) is 9.45. The van der Waals surface area contributed by atoms with Crippen molar-refractivity contribution in [1.82, 2.24) is 0 Å². The maximum absolute atomic E-state index is 14.4. The fourth-order valence-electron chi connectivity index (χ4n) is 8.16. The Morgan fingerprint density at radius 3 is 2.22 bits per heavy atom. The monoisotopic (exact) mass is 634 g/mol. The summed E-state index contributed by atoms with van der Waals surface area (Å²) in [5.74, 6) is 1.01. The van der Waals surface area contributed by atoms with Crippen LogP contribution >= 0.6 is 15.9 Å². The number of rotatable bonds is 15. The topological polar surface area (TPSA) is 54.0 Å². The molecule has 1 aromatic rings. The van der Waals surface area contributed by atoms with E-state index in [1.165, 1.54) is 44.1 Å². The minimum absolute atomic E-state index is 0.0605. The third-order valence-electron chi connectivity index (χ3n) is 10.7. The van der Waals surface area contributed by atoms with Crippen molar-refractivity contribution in [2.45, 2.75) is 135 Å². The van der Waals surface area contributed by atoms with Crippen molar-refractivity contribution >= 4 is 21.7 Å². The van der Waals surface area contributed by atoms with Gasteiger partial charge in [0.15, 0.2) is 11.6 Å². The highest BCUT2D eigenvalue weighted by atomic mass is 79.9. The summed E-state index contributed by atoms with van der Waals surface area (Å²) >= 11 is 3.54. The number of hydrogen-bond acceptors (Lipinski definition) is 5. The van der Waals surface area contributed by atoms with Crippen LogP contribution in [0.4, 0.5) is 0 Å². The molecular weight excluding hydrogens is 580 g/mol. The van der Waals surface area contributed by atoms with Crippen molar-refractivity contribution in [1.29, 1.82) is 0 Å². The van der Waals surface area contributed by atoms with Crippen molar-refractivity contribution in [3.05, 3.63) is 29.3 Å². The van der Waals surface area contributed by atoms with Gasteiger partial charge in [-0.3, -0.25) is 4.79 Å². The number of alkyl halides is 1. The second-order valence-corrected chi connectivity index (χ2v) is 14.8. The lowest BCUT2D eigenvalue weighted by atomic mass is 9.51. The molecule has 3 aliphatic rings. The zero-order chi connectivity index (χ0) is 29.8. The summed E-state index contributed by atoms with van der Waals surface area (Å²) in [6.07, 6.45) is 14.3. The maximum Gasteiger partial charge on any atom is 0.204 e. The van der Waals surface area contributed by atoms with Crippen LogP contribution in [0.15, 0.2) is 18.2 Å². The van der Waals surface area contributed by atoms with E-state index in [9.17, 15) is 4.79 Å². The lowest BCUT2D eigenvalue weighted by Crippen LogP contribution is -2.50. The molecule has 3 aliphatic carbocycles. The first kappa shape index (κ1) is 33.0. The summed E-state index contributed by atoms with van der Waals surface area (Å²) in [6, 6.07) is 6.21. The number of unbranched alkanes of at least 4 members (excludes halogenated alkanes) is 6. The van der Waals surface area contributed by atoms with Crippen LogP contribution in [0.2, 0.25) is 0 Å². The molecule has 6 atom stereocenters. The Morgan fingerprint density at radius 2 is 1.56 bits per heavy atom. The maximum atomic E-state index is 14.4. The number of carbonyl (C=O) groups is 1. The SMILES string of the molecule is COC(C)(C)Oc1ccc2c(c1)C(=O)C(CCCCCCCCCBr)C1C2CC[C@@]2(C)C1CC[C@@H]2OC(C)(C)OC. The van der Waals surface area contributed by atoms with Gasteiger partial charge in [0.2, 0.25) is 5.79 Å². The molecular formula is C35H55BrO5. The van der Waals surface area contributed by atoms with Crippen molar-refractivity contribution in [3.63, 3.8) is 0 Å². The van der Waals surface area contributed by atoms with Gasteiger partial charge in [0.1, 0.15) is 5.75 Å². The van der Waals surface area contributed by atoms with E-state index in [0.717, 1.165) is 49.4 Å². The predicted molar refractivity (Wildman–Crippen MR) is 169 cm³/mol. The molecule has 1 aromatic carbocycles. The van der Waals surface area contributed by atoms with Gasteiger partial charge >= 0.3 is 0 Å². The number of carbonyl (C=O) groups excluding carboxylic acids is 1. The largest absolute Gasteiger partial charge is 0.463 e. The third kappa shape index (κ3) is 7.41. The van der Waals surface area contributed by atoms with Crippen molar-refractivity contribution in [3.8, 4) is 5.75 Å². The molecule has 4 rings (SSSR count). The smallest absolute Gasteiger partial charge is 0.204 e. The first-order chi connectivity index (χ1) is 19.5. The zero-order valence-electron chi connectivity index (χ0n) is 26.7. The van der Waals surface area contributed by atoms with Gasteiger partial charge in [0, 0.05) is 44.9 Å². The van der Waals surface area contributed by atoms with E-state index in [-0.39, 0.29) is 17.4 Å². The van der Waals surface area contributed by atoms with E-state index >= 15 is 0 Å². The molecule has 0 saturated heterocycles. The molecule has 6 heteroatoms. The molecule has 5 nitrogen and oxygen atoms in total. The molecule has 0 spiro atoms. The molecule has 0 heterocycles. The summed E-state index contributed by atoms with van der Waals surface area (Å²) in [4.78, 5) is 14.4. The summed E-state index contributed by atoms with van der Waals surface area (Å²) < 4.78 is 23.9. The van der Waals surface area contributed by atoms with E-state index in [1.54, 1.807) is 14.2 Å². The van der Waals surface area contributed by atoms with Crippen LogP contribution in [0.1, 0.15) is 134 Å². The minimum atomic E-state index is -0.746. The van der Waals surface area contributed by atoms with Crippen LogP contribution < -0.4 is 4.74 Å². The van der Waals surface area contributed by atoms with Crippen LogP contribution in [-0.4, -0.2) is 43.0 Å². The summed E-state index contributed by atoms with van der Waals surface area (Å²) in [6.45, 7) is 10.3. The fourth-order valence-corrected chi connectivity index (χ4v) is 8.55. The normalized spacial score (nSPS) is 29.7. The average molecular weight is 636 g/mol. The third-order valence-corrected chi connectivity index (χ3v) is 11.2. The van der Waals surface area contributed by atoms with Gasteiger partial charge < -0.3 is 18.9 Å². The first-order valence-corrected chi connectivity index (χ1v) is 17.3. The van der Waals surface area contributed by atoms with E-state index < -0.39 is 11.6 Å². The molecule has 2 saturated carbocycles. The standard InChI is InChI=1S/C35H55BrO5/c1-33(2,38-6)40-24-16-17-25-26-20-21-35(5)29(18-19-30(35)41-34(3,4)39-7)31(26)27(32(37)28(25)23-24)15-13-11-9-8-10-12-14-22-36/h16-17,23,26-27,29-31H,8-15,18-22H2,1-7H3/t26?,27?,29?,30-,31?,35-/m0/s1. The number of hydrogen-bond donors (Lipinski definition) is 0. The summed E-state index contributed by atoms with van der Waals surface area (Å²) in [7, 11) is 3.38. The van der Waals surface area contributed by atoms with Gasteiger partial charge in [-0.25, -0.2) is 0 Å². The van der Waals surface area contributed by atoms with E-state index in [1.807, 2.05) is 39.8 Å². The van der Waals surface area contributed by atoms with Crippen molar-refractivity contribution in [2.24, 2.45) is 23.2 Å². The number of benzene rings is 1. The molecule has 0 aliphatic heterocycles. The Morgan fingerprint density at radius 1 is 0.902 bits per heavy atom. The molecule has 2 fully saturated rings. The van der Waals surface area contributed by atoms with Gasteiger partial charge in [0.25, 0.3) is 0 Å². The highest BCUT2D eigenvalue weighted by molar-refractivity contribution is 9.09. The van der Waals surface area contributed by atoms with Gasteiger partial charge in [0.05, 0.1) is 6.10 Å². The Balaban J connectivity index is 1.58. The van der Waals surface area contributed by atoms with Crippen molar-refractivity contribution < 1.29 is 23.7 Å². The van der Waals surface area contributed by atoms with Crippen LogP contribution in [0.25, 0.3) is 0 Å². The van der Waals surface area contributed by atoms with Crippen molar-refractivity contribution in [2.75, 3.05) is 19.5 Å². The molecule has 41 heavy (non-hydrogen) atoms. The van der Waals surface area contributed by atoms with Crippen LogP contribution in [0, 0.1) is 23.2 Å². The molecule has 4 unspecified atom stereocenters. The number of ether oxygens (including phenoxy) is 4. The molecule has 0 N–H and O–H groups in total. The van der Waals surface area contributed by atoms with Gasteiger partial charge in [-0.05, 0) is 93.2 Å². The lowest BCUT2D eigenvalue weighted by molar-refractivity contribution is -0.246. The number of ketones is 1. The van der Waals surface area contributed by atoms with Gasteiger partial charge in [-0.1, -0.05) is 67.4 Å². The molecule has 0 amide bonds. The molecule has 232 valence electrons. The number of methoxy groups -OCH3 is 2. The quantitative estimate of drug-likeness (QED) is 0.109. The Bertz CT molecular complexity index is 1020. The number of Topliss-reactive ketones (excluding diaryl/α,β-unsaturated/α-hetero) is 1. The second-order valence-electron chi connectivity index (χ2n) is 14.0. The highest BCUT2D eigenvalue weighted by Gasteiger charge is 2.59. The van der Waals surface area contributed by atoms with E-state index in [2.05, 4.69) is 28.9 Å². The fraction of sp³-hybridized carbons (Fsp3) is 0.800. The Kier molecular flexibility index (Phi) is 11.1. The molecule has 0 aromatic heterocycles. The molecule has 0 radical (unpaired) electrons. The van der Waals surface area contributed by atoms with Crippen LogP contribution in [0.5, 0.6) is 5.75 Å². The van der Waals surface area contributed by atoms with Crippen LogP contribution in [-0.2, 0) is 14.2 Å². The first-order valence-electron chi connectivity index (χ1n) is 16.2. The molecule has 0 bridgehead atoms. The zero-order valence-corrected chi connectivity index (χ0v) is 28.3. The second kappa shape index (κ2) is 13.8. The van der Waals surface area contributed by atoms with E-state index in [0.29, 0.717) is 29.3 Å². The Hall–Kier alpha value is -0.950. The van der Waals surface area contributed by atoms with Gasteiger partial charge in [-0.15, -0.1) is 0 Å². The van der Waals surface area contributed by atoms with Crippen LogP contribution in [0.3, 0.4) is 0 Å². The lowest BCUT2D eigenvalue weighted by Gasteiger charge is -2.53. The van der Waals surface area contributed by atoms with Gasteiger partial charge in [-0.2, -0.15) is 0 Å².